The fourth-order valence-corrected chi connectivity index (χ4v) is 1.28. The normalized spacial score (nSPS) is 11.0. The van der Waals surface area contributed by atoms with Crippen LogP contribution in [0.5, 0.6) is 0 Å². The van der Waals surface area contributed by atoms with Gasteiger partial charge in [0.15, 0.2) is 12.4 Å². The lowest BCUT2D eigenvalue weighted by Gasteiger charge is -2.01. The Morgan fingerprint density at radius 1 is 1.22 bits per heavy atom. The molecule has 1 rings (SSSR count). The van der Waals surface area contributed by atoms with Crippen LogP contribution in [0.25, 0.3) is 0 Å². The van der Waals surface area contributed by atoms with E-state index in [1.54, 1.807) is 42.5 Å². The van der Waals surface area contributed by atoms with E-state index in [1.165, 1.54) is 6.08 Å². The molecule has 0 aromatic heterocycles. The first-order valence-electron chi connectivity index (χ1n) is 5.38. The highest BCUT2D eigenvalue weighted by Gasteiger charge is 2.07. The summed E-state index contributed by atoms with van der Waals surface area (Å²) in [5.74, 6) is -0.810. The van der Waals surface area contributed by atoms with Gasteiger partial charge in [0.25, 0.3) is 0 Å². The molecule has 3 nitrogen and oxygen atoms in total. The van der Waals surface area contributed by atoms with Gasteiger partial charge in [-0.05, 0) is 31.2 Å². The van der Waals surface area contributed by atoms with Crippen molar-refractivity contribution in [1.82, 2.24) is 0 Å². The number of esters is 1. The fourth-order valence-electron chi connectivity index (χ4n) is 1.15. The van der Waals surface area contributed by atoms with Crippen LogP contribution < -0.4 is 0 Å². The summed E-state index contributed by atoms with van der Waals surface area (Å²) in [6.07, 6.45) is 6.29. The van der Waals surface area contributed by atoms with Gasteiger partial charge in [0.2, 0.25) is 0 Å². The first-order chi connectivity index (χ1) is 8.63. The summed E-state index contributed by atoms with van der Waals surface area (Å²) in [5.41, 5.74) is 0.463. The number of hydrogen-bond acceptors (Lipinski definition) is 3. The predicted molar refractivity (Wildman–Crippen MR) is 70.7 cm³/mol. The van der Waals surface area contributed by atoms with Gasteiger partial charge in [-0.3, -0.25) is 4.79 Å². The molecule has 18 heavy (non-hydrogen) atoms. The molecule has 0 spiro atoms. The van der Waals surface area contributed by atoms with Crippen molar-refractivity contribution in [3.8, 4) is 0 Å². The minimum atomic E-state index is -0.546. The molecular weight excluding hydrogens is 252 g/mol. The number of allylic oxidation sites excluding steroid dienone is 3. The van der Waals surface area contributed by atoms with Crippen molar-refractivity contribution in [1.29, 1.82) is 0 Å². The summed E-state index contributed by atoms with van der Waals surface area (Å²) in [5, 5.41) is 0.554. The molecule has 0 saturated carbocycles. The lowest BCUT2D eigenvalue weighted by atomic mass is 10.1. The zero-order valence-corrected chi connectivity index (χ0v) is 10.7. The van der Waals surface area contributed by atoms with Crippen LogP contribution in [0.3, 0.4) is 0 Å². The highest BCUT2D eigenvalue weighted by atomic mass is 35.5. The molecule has 0 aliphatic heterocycles. The molecule has 0 atom stereocenters. The Bertz CT molecular complexity index is 472. The number of carbonyl (C=O) groups excluding carboxylic acids is 2. The van der Waals surface area contributed by atoms with Gasteiger partial charge in [-0.2, -0.15) is 0 Å². The lowest BCUT2D eigenvalue weighted by Crippen LogP contribution is -2.12. The van der Waals surface area contributed by atoms with E-state index in [-0.39, 0.29) is 12.4 Å². The van der Waals surface area contributed by atoms with E-state index in [1.807, 2.05) is 6.92 Å². The fraction of sp³-hybridized carbons (Fsp3) is 0.143. The van der Waals surface area contributed by atoms with Crippen molar-refractivity contribution < 1.29 is 14.3 Å². The molecule has 1 aromatic carbocycles. The number of hydrogen-bond donors (Lipinski definition) is 0. The number of rotatable bonds is 5. The Hall–Kier alpha value is -1.87. The van der Waals surface area contributed by atoms with Crippen LogP contribution in [0.1, 0.15) is 17.3 Å². The zero-order valence-electron chi connectivity index (χ0n) is 9.93. The Morgan fingerprint density at radius 3 is 2.50 bits per heavy atom. The molecule has 0 aliphatic rings. The van der Waals surface area contributed by atoms with Crippen LogP contribution in [0.4, 0.5) is 0 Å². The predicted octanol–water partition coefficient (Wildman–Crippen LogP) is 3.20. The molecule has 0 bridgehead atoms. The molecule has 0 heterocycles. The third-order valence-corrected chi connectivity index (χ3v) is 2.30. The maximum atomic E-state index is 11.6. The van der Waals surface area contributed by atoms with Crippen molar-refractivity contribution in [3.05, 3.63) is 59.2 Å². The van der Waals surface area contributed by atoms with Crippen molar-refractivity contribution >= 4 is 23.4 Å². The molecular formula is C14H13ClO3. The number of halogens is 1. The van der Waals surface area contributed by atoms with Crippen molar-refractivity contribution in [2.75, 3.05) is 6.61 Å². The number of benzene rings is 1. The largest absolute Gasteiger partial charge is 0.454 e. The Kier molecular flexibility index (Phi) is 5.88. The van der Waals surface area contributed by atoms with Gasteiger partial charge >= 0.3 is 5.97 Å². The van der Waals surface area contributed by atoms with E-state index >= 15 is 0 Å². The number of Topliss-reactive ketones (excluding diaryl/α,β-unsaturated/α-hetero) is 1. The first-order valence-corrected chi connectivity index (χ1v) is 5.76. The molecule has 0 aliphatic carbocycles. The minimum absolute atomic E-state index is 0.264. The van der Waals surface area contributed by atoms with E-state index in [4.69, 9.17) is 16.3 Å². The minimum Gasteiger partial charge on any atom is -0.454 e. The summed E-state index contributed by atoms with van der Waals surface area (Å²) in [6, 6.07) is 6.41. The molecule has 0 radical (unpaired) electrons. The summed E-state index contributed by atoms with van der Waals surface area (Å²) in [4.78, 5) is 22.8. The SMILES string of the molecule is C/C=C/C=C/C(=O)OCC(=O)c1ccc(Cl)cc1. The highest BCUT2D eigenvalue weighted by Crippen LogP contribution is 2.10. The average molecular weight is 265 g/mol. The standard InChI is InChI=1S/C14H13ClO3/c1-2-3-4-5-14(17)18-10-13(16)11-6-8-12(15)9-7-11/h2-9H,10H2,1H3/b3-2+,5-4+. The van der Waals surface area contributed by atoms with Crippen LogP contribution in [0.15, 0.2) is 48.6 Å². The monoisotopic (exact) mass is 264 g/mol. The summed E-state index contributed by atoms with van der Waals surface area (Å²) < 4.78 is 4.79. The topological polar surface area (TPSA) is 43.4 Å². The maximum absolute atomic E-state index is 11.6. The molecule has 0 amide bonds. The molecule has 0 saturated heterocycles. The molecule has 0 unspecified atom stereocenters. The quantitative estimate of drug-likeness (QED) is 0.355. The van der Waals surface area contributed by atoms with Gasteiger partial charge < -0.3 is 4.74 Å². The second-order valence-electron chi connectivity index (χ2n) is 3.42. The second-order valence-corrected chi connectivity index (χ2v) is 3.86. The molecule has 1 aromatic rings. The lowest BCUT2D eigenvalue weighted by molar-refractivity contribution is -0.136. The van der Waals surface area contributed by atoms with E-state index in [9.17, 15) is 9.59 Å². The van der Waals surface area contributed by atoms with E-state index in [0.29, 0.717) is 10.6 Å². The number of carbonyl (C=O) groups is 2. The van der Waals surface area contributed by atoms with Gasteiger partial charge in [-0.15, -0.1) is 0 Å². The summed E-state index contributed by atoms with van der Waals surface area (Å²) in [6.45, 7) is 1.56. The average Bonchev–Trinajstić information content (AvgIpc) is 2.37. The van der Waals surface area contributed by atoms with Crippen LogP contribution in [-0.2, 0) is 9.53 Å². The third-order valence-electron chi connectivity index (χ3n) is 2.05. The molecule has 0 fully saturated rings. The van der Waals surface area contributed by atoms with Crippen LogP contribution in [0.2, 0.25) is 5.02 Å². The van der Waals surface area contributed by atoms with Gasteiger partial charge in [0.05, 0.1) is 0 Å². The maximum Gasteiger partial charge on any atom is 0.331 e. The van der Waals surface area contributed by atoms with Crippen LogP contribution >= 0.6 is 11.6 Å². The Balaban J connectivity index is 2.46. The zero-order chi connectivity index (χ0) is 13.4. The van der Waals surface area contributed by atoms with Gasteiger partial charge in [0, 0.05) is 16.7 Å². The smallest absolute Gasteiger partial charge is 0.331 e. The van der Waals surface area contributed by atoms with Gasteiger partial charge in [0.1, 0.15) is 0 Å². The first kappa shape index (κ1) is 14.2. The van der Waals surface area contributed by atoms with Gasteiger partial charge in [-0.1, -0.05) is 29.8 Å². The van der Waals surface area contributed by atoms with Crippen LogP contribution in [0, 0.1) is 0 Å². The van der Waals surface area contributed by atoms with Crippen molar-refractivity contribution in [3.63, 3.8) is 0 Å². The highest BCUT2D eigenvalue weighted by molar-refractivity contribution is 6.30. The van der Waals surface area contributed by atoms with Gasteiger partial charge in [-0.25, -0.2) is 4.79 Å². The second kappa shape index (κ2) is 7.45. The van der Waals surface area contributed by atoms with E-state index in [2.05, 4.69) is 0 Å². The summed E-state index contributed by atoms with van der Waals surface area (Å²) >= 11 is 5.70. The Labute approximate surface area is 111 Å². The van der Waals surface area contributed by atoms with Crippen molar-refractivity contribution in [2.24, 2.45) is 0 Å². The number of ketones is 1. The summed E-state index contributed by atoms with van der Waals surface area (Å²) in [7, 11) is 0. The van der Waals surface area contributed by atoms with E-state index in [0.717, 1.165) is 0 Å². The number of ether oxygens (including phenoxy) is 1. The van der Waals surface area contributed by atoms with E-state index < -0.39 is 5.97 Å². The molecule has 0 N–H and O–H groups in total. The Morgan fingerprint density at radius 2 is 1.89 bits per heavy atom. The van der Waals surface area contributed by atoms with Crippen LogP contribution in [-0.4, -0.2) is 18.4 Å². The molecule has 4 heteroatoms. The third kappa shape index (κ3) is 4.97. The van der Waals surface area contributed by atoms with Crippen molar-refractivity contribution in [2.45, 2.75) is 6.92 Å². The molecule has 94 valence electrons.